The van der Waals surface area contributed by atoms with Gasteiger partial charge in [0.05, 0.1) is 10.4 Å². The van der Waals surface area contributed by atoms with Gasteiger partial charge in [0, 0.05) is 24.7 Å². The van der Waals surface area contributed by atoms with Gasteiger partial charge in [0.1, 0.15) is 5.82 Å². The number of urea groups is 1. The van der Waals surface area contributed by atoms with E-state index in [9.17, 15) is 14.0 Å². The van der Waals surface area contributed by atoms with Crippen LogP contribution in [0.4, 0.5) is 14.9 Å². The Balaban J connectivity index is 1.88. The number of hydrogen-bond donors (Lipinski definition) is 2. The van der Waals surface area contributed by atoms with Gasteiger partial charge in [0.2, 0.25) is 0 Å². The van der Waals surface area contributed by atoms with Crippen LogP contribution in [0, 0.1) is 17.7 Å². The molecule has 1 saturated heterocycles. The third-order valence-electron chi connectivity index (χ3n) is 3.46. The van der Waals surface area contributed by atoms with E-state index in [1.165, 1.54) is 23.1 Å². The Morgan fingerprint density at radius 3 is 2.70 bits per heavy atom. The molecule has 2 amide bonds. The zero-order valence-corrected chi connectivity index (χ0v) is 12.4. The number of hydrogen-bond acceptors (Lipinski definition) is 2. The number of carboxylic acid groups (broad SMARTS) is 1. The fraction of sp³-hybridized carbons (Fsp3) is 0.385. The molecule has 20 heavy (non-hydrogen) atoms. The number of amides is 2. The summed E-state index contributed by atoms with van der Waals surface area (Å²) in [5, 5.41) is 11.5. The van der Waals surface area contributed by atoms with Crippen LogP contribution in [0.3, 0.4) is 0 Å². The maximum Gasteiger partial charge on any atom is 0.321 e. The van der Waals surface area contributed by atoms with Gasteiger partial charge in [-0.25, -0.2) is 9.18 Å². The Labute approximate surface area is 123 Å². The average Bonchev–Trinajstić information content (AvgIpc) is 2.31. The lowest BCUT2D eigenvalue weighted by Crippen LogP contribution is -2.54. The second-order valence-electron chi connectivity index (χ2n) is 4.85. The maximum absolute atomic E-state index is 13.1. The topological polar surface area (TPSA) is 69.6 Å². The van der Waals surface area contributed by atoms with Gasteiger partial charge in [0.15, 0.2) is 0 Å². The second kappa shape index (κ2) is 5.78. The first-order valence-corrected chi connectivity index (χ1v) is 6.91. The molecule has 1 unspecified atom stereocenters. The summed E-state index contributed by atoms with van der Waals surface area (Å²) < 4.78 is 13.3. The lowest BCUT2D eigenvalue weighted by atomic mass is 9.87. The van der Waals surface area contributed by atoms with Gasteiger partial charge < -0.3 is 15.3 Å². The molecule has 0 bridgehead atoms. The Kier molecular flexibility index (Phi) is 4.27. The summed E-state index contributed by atoms with van der Waals surface area (Å²) in [7, 11) is 0. The summed E-state index contributed by atoms with van der Waals surface area (Å²) in [5.74, 6) is -1.72. The summed E-state index contributed by atoms with van der Waals surface area (Å²) in [4.78, 5) is 24.2. The fourth-order valence-electron chi connectivity index (χ4n) is 1.97. The molecule has 1 fully saturated rings. The number of anilines is 1. The van der Waals surface area contributed by atoms with Crippen LogP contribution < -0.4 is 5.32 Å². The predicted octanol–water partition coefficient (Wildman–Crippen LogP) is 2.77. The fourth-order valence-corrected chi connectivity index (χ4v) is 2.35. The first-order chi connectivity index (χ1) is 9.38. The minimum Gasteiger partial charge on any atom is -0.481 e. The molecular weight excluding hydrogens is 331 g/mol. The first-order valence-electron chi connectivity index (χ1n) is 6.12. The van der Waals surface area contributed by atoms with Crippen molar-refractivity contribution in [3.8, 4) is 0 Å². The van der Waals surface area contributed by atoms with E-state index in [0.29, 0.717) is 18.8 Å². The monoisotopic (exact) mass is 344 g/mol. The predicted molar refractivity (Wildman–Crippen MR) is 75.0 cm³/mol. The van der Waals surface area contributed by atoms with Crippen LogP contribution in [0.15, 0.2) is 22.7 Å². The van der Waals surface area contributed by atoms with Gasteiger partial charge in [-0.15, -0.1) is 0 Å². The SMILES string of the molecule is CC(C(=O)O)C1CN(C(=O)Nc2ccc(F)c(Br)c2)C1. The van der Waals surface area contributed by atoms with Gasteiger partial charge in [-0.2, -0.15) is 0 Å². The Bertz CT molecular complexity index is 546. The number of carboxylic acids is 1. The van der Waals surface area contributed by atoms with Gasteiger partial charge in [-0.1, -0.05) is 6.92 Å². The maximum atomic E-state index is 13.1. The Hall–Kier alpha value is -1.63. The quantitative estimate of drug-likeness (QED) is 0.885. The highest BCUT2D eigenvalue weighted by Crippen LogP contribution is 2.25. The van der Waals surface area contributed by atoms with Crippen molar-refractivity contribution in [1.82, 2.24) is 4.90 Å². The second-order valence-corrected chi connectivity index (χ2v) is 5.71. The van der Waals surface area contributed by atoms with E-state index in [4.69, 9.17) is 5.11 Å². The summed E-state index contributed by atoms with van der Waals surface area (Å²) in [6, 6.07) is 3.89. The van der Waals surface area contributed by atoms with Crippen LogP contribution in [-0.2, 0) is 4.79 Å². The Morgan fingerprint density at radius 1 is 1.50 bits per heavy atom. The molecule has 0 radical (unpaired) electrons. The van der Waals surface area contributed by atoms with E-state index in [0.717, 1.165) is 0 Å². The highest BCUT2D eigenvalue weighted by Gasteiger charge is 2.37. The lowest BCUT2D eigenvalue weighted by Gasteiger charge is -2.41. The summed E-state index contributed by atoms with van der Waals surface area (Å²) in [6.07, 6.45) is 0. The minimum absolute atomic E-state index is 0.0156. The van der Waals surface area contributed by atoms with Crippen molar-refractivity contribution < 1.29 is 19.1 Å². The van der Waals surface area contributed by atoms with Crippen molar-refractivity contribution in [3.05, 3.63) is 28.5 Å². The number of carbonyl (C=O) groups excluding carboxylic acids is 1. The van der Waals surface area contributed by atoms with Crippen LogP contribution in [-0.4, -0.2) is 35.1 Å². The minimum atomic E-state index is -0.850. The summed E-state index contributed by atoms with van der Waals surface area (Å²) >= 11 is 3.04. The van der Waals surface area contributed by atoms with E-state index < -0.39 is 17.7 Å². The van der Waals surface area contributed by atoms with Crippen molar-refractivity contribution >= 4 is 33.6 Å². The number of likely N-dealkylation sites (tertiary alicyclic amines) is 1. The molecule has 0 aliphatic carbocycles. The molecule has 1 aliphatic rings. The first kappa shape index (κ1) is 14.8. The largest absolute Gasteiger partial charge is 0.481 e. The smallest absolute Gasteiger partial charge is 0.321 e. The van der Waals surface area contributed by atoms with Crippen LogP contribution in [0.25, 0.3) is 0 Å². The molecule has 1 aromatic carbocycles. The number of rotatable bonds is 3. The van der Waals surface area contributed by atoms with Crippen molar-refractivity contribution in [3.63, 3.8) is 0 Å². The molecule has 1 aromatic rings. The average molecular weight is 345 g/mol. The van der Waals surface area contributed by atoms with E-state index in [1.807, 2.05) is 0 Å². The van der Waals surface area contributed by atoms with Gasteiger partial charge >= 0.3 is 12.0 Å². The number of aliphatic carboxylic acids is 1. The highest BCUT2D eigenvalue weighted by atomic mass is 79.9. The number of halogens is 2. The molecule has 1 atom stereocenters. The van der Waals surface area contributed by atoms with Crippen LogP contribution in [0.2, 0.25) is 0 Å². The van der Waals surface area contributed by atoms with Crippen LogP contribution in [0.1, 0.15) is 6.92 Å². The zero-order chi connectivity index (χ0) is 14.9. The van der Waals surface area contributed by atoms with Crippen molar-refractivity contribution in [2.24, 2.45) is 11.8 Å². The highest BCUT2D eigenvalue weighted by molar-refractivity contribution is 9.10. The van der Waals surface area contributed by atoms with Gasteiger partial charge in [0.25, 0.3) is 0 Å². The molecule has 0 spiro atoms. The van der Waals surface area contributed by atoms with E-state index in [-0.39, 0.29) is 16.4 Å². The van der Waals surface area contributed by atoms with Gasteiger partial charge in [-0.05, 0) is 34.1 Å². The number of nitrogens with zero attached hydrogens (tertiary/aromatic N) is 1. The van der Waals surface area contributed by atoms with Gasteiger partial charge in [-0.3, -0.25) is 4.79 Å². The van der Waals surface area contributed by atoms with E-state index in [1.54, 1.807) is 6.92 Å². The Morgan fingerprint density at radius 2 is 2.15 bits per heavy atom. The third kappa shape index (κ3) is 3.09. The molecule has 1 aliphatic heterocycles. The number of benzene rings is 1. The molecule has 1 heterocycles. The van der Waals surface area contributed by atoms with Crippen LogP contribution in [0.5, 0.6) is 0 Å². The van der Waals surface area contributed by atoms with Crippen molar-refractivity contribution in [2.45, 2.75) is 6.92 Å². The van der Waals surface area contributed by atoms with Crippen LogP contribution >= 0.6 is 15.9 Å². The lowest BCUT2D eigenvalue weighted by molar-refractivity contribution is -0.144. The number of carbonyl (C=O) groups is 2. The molecule has 2 rings (SSSR count). The molecule has 108 valence electrons. The van der Waals surface area contributed by atoms with E-state index in [2.05, 4.69) is 21.2 Å². The van der Waals surface area contributed by atoms with Crippen molar-refractivity contribution in [2.75, 3.05) is 18.4 Å². The molecule has 2 N–H and O–H groups in total. The van der Waals surface area contributed by atoms with Crippen molar-refractivity contribution in [1.29, 1.82) is 0 Å². The molecule has 0 aromatic heterocycles. The van der Waals surface area contributed by atoms with E-state index >= 15 is 0 Å². The summed E-state index contributed by atoms with van der Waals surface area (Å²) in [5.41, 5.74) is 0.484. The molecule has 7 heteroatoms. The normalized spacial score (nSPS) is 16.4. The molecular formula is C13H14BrFN2O3. The summed E-state index contributed by atoms with van der Waals surface area (Å²) in [6.45, 7) is 2.47. The standard InChI is InChI=1S/C13H14BrFN2O3/c1-7(12(18)19)8-5-17(6-8)13(20)16-9-2-3-11(15)10(14)4-9/h2-4,7-8H,5-6H2,1H3,(H,16,20)(H,18,19). The molecule has 0 saturated carbocycles. The third-order valence-corrected chi connectivity index (χ3v) is 4.07. The molecule has 5 nitrogen and oxygen atoms in total. The zero-order valence-electron chi connectivity index (χ0n) is 10.8. The number of nitrogens with one attached hydrogen (secondary N) is 1.